The van der Waals surface area contributed by atoms with E-state index in [1.807, 2.05) is 29.1 Å². The number of rotatable bonds is 4. The van der Waals surface area contributed by atoms with Crippen LogP contribution in [0.25, 0.3) is 0 Å². The predicted molar refractivity (Wildman–Crippen MR) is 59.3 cm³/mol. The van der Waals surface area contributed by atoms with E-state index in [4.69, 9.17) is 0 Å². The average Bonchev–Trinajstić information content (AvgIpc) is 2.54. The van der Waals surface area contributed by atoms with Crippen LogP contribution in [0.4, 0.5) is 17.3 Å². The molecule has 3 nitrogen and oxygen atoms in total. The molecule has 0 saturated carbocycles. The Bertz CT molecular complexity index is 232. The molecule has 1 atom stereocenters. The molecule has 8 heteroatoms. The second-order valence-corrected chi connectivity index (χ2v) is 3.56. The Morgan fingerprint density at radius 3 is 1.94 bits per heavy atom. The van der Waals surface area contributed by atoms with Gasteiger partial charge >= 0.3 is 7.25 Å². The molecule has 1 rings (SSSR count). The minimum atomic E-state index is -6.00. The van der Waals surface area contributed by atoms with Crippen molar-refractivity contribution in [2.24, 2.45) is 0 Å². The Hall–Kier alpha value is -0.915. The van der Waals surface area contributed by atoms with Crippen LogP contribution in [0.3, 0.4) is 0 Å². The van der Waals surface area contributed by atoms with E-state index in [-0.39, 0.29) is 0 Å². The normalized spacial score (nSPS) is 19.4. The van der Waals surface area contributed by atoms with Gasteiger partial charge in [-0.2, -0.15) is 0 Å². The molecule has 0 spiro atoms. The van der Waals surface area contributed by atoms with Crippen molar-refractivity contribution in [1.82, 2.24) is 9.80 Å². The summed E-state index contributed by atoms with van der Waals surface area (Å²) in [5, 5.41) is 9.66. The smallest absolute Gasteiger partial charge is 0.418 e. The summed E-state index contributed by atoms with van der Waals surface area (Å²) in [5.74, 6) is 0. The van der Waals surface area contributed by atoms with Crippen LogP contribution in [0.1, 0.15) is 26.7 Å². The first-order valence-electron chi connectivity index (χ1n) is 5.54. The second-order valence-electron chi connectivity index (χ2n) is 3.56. The van der Waals surface area contributed by atoms with Crippen LogP contribution in [0, 0.1) is 0 Å². The fourth-order valence-corrected chi connectivity index (χ4v) is 1.32. The minimum Gasteiger partial charge on any atom is -0.418 e. The Morgan fingerprint density at radius 2 is 1.59 bits per heavy atom. The highest BCUT2D eigenvalue weighted by atomic mass is 19.5. The summed E-state index contributed by atoms with van der Waals surface area (Å²) in [6, 6.07) is 0. The summed E-state index contributed by atoms with van der Waals surface area (Å²) in [5.41, 5.74) is 0. The number of nitrogens with zero attached hydrogens (tertiary/aromatic N) is 2. The molecule has 0 bridgehead atoms. The molecule has 0 fully saturated rings. The van der Waals surface area contributed by atoms with E-state index in [1.54, 1.807) is 0 Å². The first-order chi connectivity index (χ1) is 7.79. The van der Waals surface area contributed by atoms with Gasteiger partial charge < -0.3 is 32.2 Å². The Balaban J connectivity index is 0.000000437. The van der Waals surface area contributed by atoms with Gasteiger partial charge in [-0.25, -0.2) is 0 Å². The highest BCUT2D eigenvalue weighted by molar-refractivity contribution is 6.50. The van der Waals surface area contributed by atoms with Gasteiger partial charge in [-0.15, -0.1) is 0 Å². The molecule has 0 aromatic heterocycles. The van der Waals surface area contributed by atoms with Crippen molar-refractivity contribution in [2.45, 2.75) is 33.0 Å². The lowest BCUT2D eigenvalue weighted by Crippen LogP contribution is -2.38. The number of hydrogen-bond acceptors (Lipinski definition) is 3. The zero-order valence-corrected chi connectivity index (χ0v) is 9.99. The molecule has 0 amide bonds. The lowest BCUT2D eigenvalue weighted by atomic mass is 10.3. The average molecular weight is 257 g/mol. The van der Waals surface area contributed by atoms with Gasteiger partial charge in [0.25, 0.3) is 0 Å². The van der Waals surface area contributed by atoms with E-state index in [0.29, 0.717) is 0 Å². The molecular weight excluding hydrogens is 239 g/mol. The van der Waals surface area contributed by atoms with Crippen LogP contribution in [0.5, 0.6) is 0 Å². The van der Waals surface area contributed by atoms with Gasteiger partial charge in [-0.05, 0) is 13.3 Å². The number of halogens is 4. The van der Waals surface area contributed by atoms with E-state index in [2.05, 4.69) is 6.92 Å². The summed E-state index contributed by atoms with van der Waals surface area (Å²) in [6.07, 6.45) is 5.79. The van der Waals surface area contributed by atoms with Gasteiger partial charge in [0.1, 0.15) is 0 Å². The molecule has 0 saturated heterocycles. The molecular formula is C9H18BF4N2O-. The largest absolute Gasteiger partial charge is 0.673 e. The van der Waals surface area contributed by atoms with Crippen molar-refractivity contribution < 1.29 is 22.4 Å². The summed E-state index contributed by atoms with van der Waals surface area (Å²) < 4.78 is 39.0. The monoisotopic (exact) mass is 257 g/mol. The van der Waals surface area contributed by atoms with E-state index >= 15 is 0 Å². The van der Waals surface area contributed by atoms with Crippen LogP contribution in [0.15, 0.2) is 12.4 Å². The summed E-state index contributed by atoms with van der Waals surface area (Å²) in [4.78, 5) is 3.88. The van der Waals surface area contributed by atoms with Crippen LogP contribution >= 0.6 is 0 Å². The molecule has 17 heavy (non-hydrogen) atoms. The van der Waals surface area contributed by atoms with Crippen molar-refractivity contribution in [3.05, 3.63) is 12.4 Å². The number of aliphatic hydroxyl groups is 1. The van der Waals surface area contributed by atoms with Gasteiger partial charge in [-0.1, -0.05) is 13.3 Å². The van der Waals surface area contributed by atoms with Crippen molar-refractivity contribution in [3.8, 4) is 0 Å². The fourth-order valence-electron chi connectivity index (χ4n) is 1.32. The standard InChI is InChI=1S/C9H18N2O.BF4/c1-3-5-6-11-8-7-10(4-2)9(11)12;2-1(3,4)5/h7-9,12H,3-6H2,1-2H3;/q;-1. The Labute approximate surface area is 98.8 Å². The van der Waals surface area contributed by atoms with Crippen LogP contribution in [-0.4, -0.2) is 41.6 Å². The summed E-state index contributed by atoms with van der Waals surface area (Å²) in [6.45, 7) is 6.01. The second kappa shape index (κ2) is 7.42. The fraction of sp³-hybridized carbons (Fsp3) is 0.778. The molecule has 0 aliphatic carbocycles. The number of aliphatic hydroxyl groups excluding tert-OH is 1. The van der Waals surface area contributed by atoms with Gasteiger partial charge in [0, 0.05) is 25.5 Å². The summed E-state index contributed by atoms with van der Waals surface area (Å²) in [7, 11) is -6.00. The van der Waals surface area contributed by atoms with Gasteiger partial charge in [-0.3, -0.25) is 0 Å². The first kappa shape index (κ1) is 16.1. The SMILES string of the molecule is CCCCN1C=CN(CC)C1O.F[B-](F)(F)F. The lowest BCUT2D eigenvalue weighted by Gasteiger charge is -2.26. The number of unbranched alkanes of at least 4 members (excludes halogenated alkanes) is 1. The Morgan fingerprint density at radius 1 is 1.12 bits per heavy atom. The molecule has 1 unspecified atom stereocenters. The Kier molecular flexibility index (Phi) is 7.02. The third-order valence-corrected chi connectivity index (χ3v) is 2.18. The van der Waals surface area contributed by atoms with Gasteiger partial charge in [0.15, 0.2) is 0 Å². The quantitative estimate of drug-likeness (QED) is 0.619. The van der Waals surface area contributed by atoms with Crippen molar-refractivity contribution >= 4 is 7.25 Å². The molecule has 102 valence electrons. The maximum absolute atomic E-state index is 9.75. The predicted octanol–water partition coefficient (Wildman–Crippen LogP) is 2.47. The van der Waals surface area contributed by atoms with Gasteiger partial charge in [0.2, 0.25) is 6.35 Å². The van der Waals surface area contributed by atoms with Crippen molar-refractivity contribution in [1.29, 1.82) is 0 Å². The molecule has 1 N–H and O–H groups in total. The third kappa shape index (κ3) is 7.90. The number of hydrogen-bond donors (Lipinski definition) is 1. The molecule has 0 aromatic carbocycles. The van der Waals surface area contributed by atoms with Crippen molar-refractivity contribution in [3.63, 3.8) is 0 Å². The van der Waals surface area contributed by atoms with Crippen LogP contribution < -0.4 is 0 Å². The van der Waals surface area contributed by atoms with Crippen LogP contribution in [-0.2, 0) is 0 Å². The third-order valence-electron chi connectivity index (χ3n) is 2.18. The van der Waals surface area contributed by atoms with E-state index in [0.717, 1.165) is 19.5 Å². The molecule has 0 aromatic rings. The maximum atomic E-state index is 9.75. The minimum absolute atomic E-state index is 0.429. The molecule has 1 aliphatic rings. The first-order valence-corrected chi connectivity index (χ1v) is 5.54. The van der Waals surface area contributed by atoms with Gasteiger partial charge in [0.05, 0.1) is 0 Å². The van der Waals surface area contributed by atoms with Crippen molar-refractivity contribution in [2.75, 3.05) is 13.1 Å². The lowest BCUT2D eigenvalue weighted by molar-refractivity contribution is -0.0455. The van der Waals surface area contributed by atoms with E-state index in [1.165, 1.54) is 6.42 Å². The highest BCUT2D eigenvalue weighted by Crippen LogP contribution is 2.13. The van der Waals surface area contributed by atoms with E-state index in [9.17, 15) is 22.4 Å². The molecule has 1 aliphatic heterocycles. The van der Waals surface area contributed by atoms with E-state index < -0.39 is 13.6 Å². The zero-order chi connectivity index (χ0) is 13.5. The zero-order valence-electron chi connectivity index (χ0n) is 9.99. The maximum Gasteiger partial charge on any atom is 0.673 e. The van der Waals surface area contributed by atoms with Crippen LogP contribution in [0.2, 0.25) is 0 Å². The topological polar surface area (TPSA) is 26.7 Å². The summed E-state index contributed by atoms with van der Waals surface area (Å²) >= 11 is 0. The molecule has 0 radical (unpaired) electrons. The highest BCUT2D eigenvalue weighted by Gasteiger charge is 2.21. The molecule has 1 heterocycles.